The first kappa shape index (κ1) is 16.3. The summed E-state index contributed by atoms with van der Waals surface area (Å²) >= 11 is 14.9. The Morgan fingerprint density at radius 2 is 1.95 bits per heavy atom. The summed E-state index contributed by atoms with van der Waals surface area (Å²) in [5.74, 6) is -0.506. The van der Waals surface area contributed by atoms with Gasteiger partial charge in [-0.3, -0.25) is 4.79 Å². The van der Waals surface area contributed by atoms with Crippen molar-refractivity contribution in [3.05, 3.63) is 62.3 Å². The maximum absolute atomic E-state index is 13.3. The van der Waals surface area contributed by atoms with Gasteiger partial charge in [0.05, 0.1) is 5.02 Å². The molecule has 110 valence electrons. The average molecular weight is 392 g/mol. The monoisotopic (exact) mass is 390 g/mol. The van der Waals surface area contributed by atoms with Crippen LogP contribution in [-0.2, 0) is 0 Å². The minimum Gasteiger partial charge on any atom is -0.482 e. The van der Waals surface area contributed by atoms with Gasteiger partial charge in [-0.1, -0.05) is 39.1 Å². The lowest BCUT2D eigenvalue weighted by atomic mass is 10.1. The second-order valence-corrected chi connectivity index (χ2v) is 6.11. The lowest BCUT2D eigenvalue weighted by Gasteiger charge is -2.15. The Morgan fingerprint density at radius 3 is 2.57 bits per heavy atom. The molecular formula is C15H10BrCl2FO2. The molecule has 2 aromatic carbocycles. The fourth-order valence-electron chi connectivity index (χ4n) is 1.76. The van der Waals surface area contributed by atoms with E-state index in [0.717, 1.165) is 0 Å². The molecule has 0 aliphatic heterocycles. The van der Waals surface area contributed by atoms with Crippen LogP contribution in [0.25, 0.3) is 0 Å². The second-order valence-electron chi connectivity index (χ2n) is 4.35. The van der Waals surface area contributed by atoms with Gasteiger partial charge in [0.2, 0.25) is 5.78 Å². The summed E-state index contributed by atoms with van der Waals surface area (Å²) in [5.41, 5.74) is 0.309. The highest BCUT2D eigenvalue weighted by Gasteiger charge is 2.20. The number of hydrogen-bond acceptors (Lipinski definition) is 2. The maximum atomic E-state index is 13.3. The van der Waals surface area contributed by atoms with Crippen LogP contribution in [0.15, 0.2) is 40.9 Å². The summed E-state index contributed by atoms with van der Waals surface area (Å²) in [4.78, 5) is 12.3. The van der Waals surface area contributed by atoms with Gasteiger partial charge in [-0.05, 0) is 37.3 Å². The molecule has 0 saturated carbocycles. The van der Waals surface area contributed by atoms with Crippen LogP contribution in [0.3, 0.4) is 0 Å². The van der Waals surface area contributed by atoms with Crippen molar-refractivity contribution in [3.63, 3.8) is 0 Å². The number of benzene rings is 2. The van der Waals surface area contributed by atoms with Crippen molar-refractivity contribution in [3.8, 4) is 5.75 Å². The van der Waals surface area contributed by atoms with Gasteiger partial charge in [0.1, 0.15) is 11.6 Å². The van der Waals surface area contributed by atoms with E-state index in [1.807, 2.05) is 0 Å². The Bertz CT molecular complexity index is 671. The predicted octanol–water partition coefficient (Wildman–Crippen LogP) is 5.55. The van der Waals surface area contributed by atoms with Gasteiger partial charge in [-0.2, -0.15) is 0 Å². The van der Waals surface area contributed by atoms with Gasteiger partial charge in [0, 0.05) is 21.1 Å². The van der Waals surface area contributed by atoms with Crippen molar-refractivity contribution in [2.45, 2.75) is 13.0 Å². The summed E-state index contributed by atoms with van der Waals surface area (Å²) in [6.07, 6.45) is -0.808. The summed E-state index contributed by atoms with van der Waals surface area (Å²) in [6.45, 7) is 1.58. The number of Topliss-reactive ketones (excluding diaryl/α,β-unsaturated/α-hetero) is 1. The van der Waals surface area contributed by atoms with Crippen molar-refractivity contribution in [1.82, 2.24) is 0 Å². The average Bonchev–Trinajstić information content (AvgIpc) is 2.36. The standard InChI is InChI=1S/C15H10BrCl2FO2/c1-8(21-12-5-9(16)4-11(19)7-12)15(20)13-3-2-10(17)6-14(13)18/h2-8H,1H3. The van der Waals surface area contributed by atoms with Crippen molar-refractivity contribution >= 4 is 44.9 Å². The zero-order chi connectivity index (χ0) is 15.6. The van der Waals surface area contributed by atoms with Crippen LogP contribution in [0, 0.1) is 5.82 Å². The van der Waals surface area contributed by atoms with Crippen molar-refractivity contribution < 1.29 is 13.9 Å². The molecule has 2 rings (SSSR count). The highest BCUT2D eigenvalue weighted by atomic mass is 79.9. The number of carbonyl (C=O) groups excluding carboxylic acids is 1. The number of ketones is 1. The van der Waals surface area contributed by atoms with Crippen LogP contribution in [0.1, 0.15) is 17.3 Å². The van der Waals surface area contributed by atoms with Gasteiger partial charge >= 0.3 is 0 Å². The van der Waals surface area contributed by atoms with Crippen LogP contribution >= 0.6 is 39.1 Å². The molecule has 0 saturated heterocycles. The summed E-state index contributed by atoms with van der Waals surface area (Å²) in [6, 6.07) is 8.69. The molecule has 0 aliphatic rings. The molecule has 0 heterocycles. The van der Waals surface area contributed by atoms with E-state index in [4.69, 9.17) is 27.9 Å². The van der Waals surface area contributed by atoms with E-state index in [1.165, 1.54) is 24.3 Å². The van der Waals surface area contributed by atoms with Gasteiger partial charge in [0.25, 0.3) is 0 Å². The third kappa shape index (κ3) is 4.19. The largest absolute Gasteiger partial charge is 0.482 e. The normalized spacial score (nSPS) is 12.0. The fraction of sp³-hybridized carbons (Fsp3) is 0.133. The van der Waals surface area contributed by atoms with Crippen LogP contribution in [-0.4, -0.2) is 11.9 Å². The zero-order valence-electron chi connectivity index (χ0n) is 10.9. The number of ether oxygens (including phenoxy) is 1. The quantitative estimate of drug-likeness (QED) is 0.639. The number of carbonyl (C=O) groups is 1. The van der Waals surface area contributed by atoms with Crippen LogP contribution in [0.4, 0.5) is 4.39 Å². The van der Waals surface area contributed by atoms with Gasteiger partial charge in [-0.25, -0.2) is 4.39 Å². The highest BCUT2D eigenvalue weighted by Crippen LogP contribution is 2.25. The molecule has 2 aromatic rings. The minimum absolute atomic E-state index is 0.253. The molecule has 21 heavy (non-hydrogen) atoms. The predicted molar refractivity (Wildman–Crippen MR) is 85.0 cm³/mol. The summed E-state index contributed by atoms with van der Waals surface area (Å²) < 4.78 is 19.3. The molecule has 1 unspecified atom stereocenters. The number of halogens is 4. The Balaban J connectivity index is 2.19. The van der Waals surface area contributed by atoms with E-state index in [9.17, 15) is 9.18 Å². The Kier molecular flexibility index (Phi) is 5.25. The van der Waals surface area contributed by atoms with E-state index < -0.39 is 11.9 Å². The van der Waals surface area contributed by atoms with E-state index in [1.54, 1.807) is 19.1 Å². The summed E-state index contributed by atoms with van der Waals surface area (Å²) in [7, 11) is 0. The molecule has 0 fully saturated rings. The van der Waals surface area contributed by atoms with Gasteiger partial charge < -0.3 is 4.74 Å². The molecule has 0 spiro atoms. The SMILES string of the molecule is CC(Oc1cc(F)cc(Br)c1)C(=O)c1ccc(Cl)cc1Cl. The molecule has 6 heteroatoms. The van der Waals surface area contributed by atoms with Gasteiger partial charge in [-0.15, -0.1) is 0 Å². The van der Waals surface area contributed by atoms with Gasteiger partial charge in [0.15, 0.2) is 6.10 Å². The van der Waals surface area contributed by atoms with E-state index >= 15 is 0 Å². The van der Waals surface area contributed by atoms with Crippen molar-refractivity contribution in [1.29, 1.82) is 0 Å². The molecule has 0 radical (unpaired) electrons. The first-order valence-electron chi connectivity index (χ1n) is 5.99. The lowest BCUT2D eigenvalue weighted by Crippen LogP contribution is -2.24. The van der Waals surface area contributed by atoms with Crippen molar-refractivity contribution in [2.24, 2.45) is 0 Å². The third-order valence-electron chi connectivity index (χ3n) is 2.71. The molecule has 0 N–H and O–H groups in total. The molecule has 0 bridgehead atoms. The minimum atomic E-state index is -0.808. The Morgan fingerprint density at radius 1 is 1.24 bits per heavy atom. The molecule has 0 amide bonds. The van der Waals surface area contributed by atoms with Crippen molar-refractivity contribution in [2.75, 3.05) is 0 Å². The van der Waals surface area contributed by atoms with Crippen LogP contribution in [0.5, 0.6) is 5.75 Å². The second kappa shape index (κ2) is 6.77. The Hall–Kier alpha value is -1.10. The number of hydrogen-bond donors (Lipinski definition) is 0. The fourth-order valence-corrected chi connectivity index (χ4v) is 2.71. The van der Waals surface area contributed by atoms with E-state index in [-0.39, 0.29) is 16.6 Å². The molecule has 0 aromatic heterocycles. The third-order valence-corrected chi connectivity index (χ3v) is 3.72. The first-order chi connectivity index (χ1) is 9.86. The topological polar surface area (TPSA) is 26.3 Å². The Labute approximate surface area is 139 Å². The first-order valence-corrected chi connectivity index (χ1v) is 7.53. The zero-order valence-corrected chi connectivity index (χ0v) is 14.0. The molecular weight excluding hydrogens is 382 g/mol. The van der Waals surface area contributed by atoms with Crippen LogP contribution in [0.2, 0.25) is 10.0 Å². The molecule has 1 atom stereocenters. The van der Waals surface area contributed by atoms with E-state index in [0.29, 0.717) is 15.1 Å². The lowest BCUT2D eigenvalue weighted by molar-refractivity contribution is 0.0817. The van der Waals surface area contributed by atoms with Crippen LogP contribution < -0.4 is 4.74 Å². The smallest absolute Gasteiger partial charge is 0.204 e. The summed E-state index contributed by atoms with van der Waals surface area (Å²) in [5, 5.41) is 0.697. The molecule has 2 nitrogen and oxygen atoms in total. The highest BCUT2D eigenvalue weighted by molar-refractivity contribution is 9.10. The number of rotatable bonds is 4. The maximum Gasteiger partial charge on any atom is 0.204 e. The molecule has 0 aliphatic carbocycles. The van der Waals surface area contributed by atoms with E-state index in [2.05, 4.69) is 15.9 Å².